The Labute approximate surface area is 81.8 Å². The molecule has 0 heterocycles. The Morgan fingerprint density at radius 2 is 1.71 bits per heavy atom. The normalized spacial score (nSPS) is 13.1. The quantitative estimate of drug-likeness (QED) is 0.732. The number of hydrogen-bond acceptors (Lipinski definition) is 1. The predicted octanol–water partition coefficient (Wildman–Crippen LogP) is 3.03. The molecule has 0 fully saturated rings. The van der Waals surface area contributed by atoms with Gasteiger partial charge in [0.05, 0.1) is 6.10 Å². The zero-order valence-electron chi connectivity index (χ0n) is 7.87. The molecule has 0 bridgehead atoms. The van der Waals surface area contributed by atoms with Crippen LogP contribution < -0.4 is 0 Å². The minimum Gasteiger partial charge on any atom is -0.389 e. The van der Waals surface area contributed by atoms with Crippen molar-refractivity contribution in [2.45, 2.75) is 13.0 Å². The molecule has 1 atom stereocenters. The van der Waals surface area contributed by atoms with Crippen molar-refractivity contribution in [3.63, 3.8) is 0 Å². The number of hydrogen-bond donors (Lipinski definition) is 1. The van der Waals surface area contributed by atoms with Crippen LogP contribution in [-0.2, 0) is 0 Å². The van der Waals surface area contributed by atoms with Gasteiger partial charge < -0.3 is 5.11 Å². The van der Waals surface area contributed by atoms with Gasteiger partial charge in [0.25, 0.3) is 0 Å². The number of aliphatic hydroxyl groups is 1. The van der Waals surface area contributed by atoms with Gasteiger partial charge in [-0.05, 0) is 23.9 Å². The maximum atomic E-state index is 13.3. The average molecular weight is 190 g/mol. The number of benzene rings is 2. The molecule has 0 aliphatic carbocycles. The molecular formula is C12H11FO. The van der Waals surface area contributed by atoms with Gasteiger partial charge in [-0.2, -0.15) is 0 Å². The molecule has 2 aromatic carbocycles. The zero-order chi connectivity index (χ0) is 10.1. The Hall–Kier alpha value is -1.41. The first-order valence-corrected chi connectivity index (χ1v) is 4.55. The van der Waals surface area contributed by atoms with E-state index in [-0.39, 0.29) is 5.82 Å². The summed E-state index contributed by atoms with van der Waals surface area (Å²) in [6.07, 6.45) is -0.569. The second-order valence-electron chi connectivity index (χ2n) is 3.36. The molecule has 2 rings (SSSR count). The lowest BCUT2D eigenvalue weighted by Gasteiger charge is -2.09. The number of aliphatic hydroxyl groups excluding tert-OH is 1. The highest BCUT2D eigenvalue weighted by Crippen LogP contribution is 2.25. The molecule has 0 aliphatic rings. The highest BCUT2D eigenvalue weighted by Gasteiger charge is 2.08. The Kier molecular flexibility index (Phi) is 2.22. The molecular weight excluding hydrogens is 179 g/mol. The highest BCUT2D eigenvalue weighted by atomic mass is 19.1. The van der Waals surface area contributed by atoms with Crippen LogP contribution in [0.15, 0.2) is 36.4 Å². The Morgan fingerprint density at radius 1 is 1.07 bits per heavy atom. The topological polar surface area (TPSA) is 20.2 Å². The van der Waals surface area contributed by atoms with Crippen molar-refractivity contribution in [3.05, 3.63) is 47.8 Å². The smallest absolute Gasteiger partial charge is 0.131 e. The zero-order valence-corrected chi connectivity index (χ0v) is 7.87. The third-order valence-electron chi connectivity index (χ3n) is 2.35. The molecule has 1 N–H and O–H groups in total. The minimum absolute atomic E-state index is 0.245. The molecule has 1 nitrogen and oxygen atoms in total. The van der Waals surface area contributed by atoms with Crippen LogP contribution in [0.1, 0.15) is 18.6 Å². The summed E-state index contributed by atoms with van der Waals surface area (Å²) in [7, 11) is 0. The van der Waals surface area contributed by atoms with Crippen LogP contribution in [0.25, 0.3) is 10.8 Å². The van der Waals surface area contributed by atoms with Crippen LogP contribution in [0, 0.1) is 5.82 Å². The first-order chi connectivity index (χ1) is 6.70. The van der Waals surface area contributed by atoms with Gasteiger partial charge in [0.1, 0.15) is 5.82 Å². The Bertz CT molecular complexity index is 463. The number of rotatable bonds is 1. The average Bonchev–Trinajstić information content (AvgIpc) is 2.18. The van der Waals surface area contributed by atoms with Gasteiger partial charge in [0.15, 0.2) is 0 Å². The van der Waals surface area contributed by atoms with Crippen molar-refractivity contribution in [2.75, 3.05) is 0 Å². The summed E-state index contributed by atoms with van der Waals surface area (Å²) in [5.41, 5.74) is 0.766. The largest absolute Gasteiger partial charge is 0.389 e. The van der Waals surface area contributed by atoms with E-state index in [0.29, 0.717) is 5.39 Å². The Balaban J connectivity index is 2.82. The molecule has 2 aromatic rings. The van der Waals surface area contributed by atoms with Crippen molar-refractivity contribution in [1.82, 2.24) is 0 Å². The maximum absolute atomic E-state index is 13.3. The molecule has 0 aliphatic heterocycles. The van der Waals surface area contributed by atoms with E-state index in [1.165, 1.54) is 6.07 Å². The summed E-state index contributed by atoms with van der Waals surface area (Å²) in [5, 5.41) is 10.8. The van der Waals surface area contributed by atoms with Crippen LogP contribution in [0.5, 0.6) is 0 Å². The van der Waals surface area contributed by atoms with E-state index in [1.54, 1.807) is 25.1 Å². The molecule has 72 valence electrons. The van der Waals surface area contributed by atoms with Crippen LogP contribution in [0.4, 0.5) is 4.39 Å². The van der Waals surface area contributed by atoms with E-state index in [4.69, 9.17) is 0 Å². The van der Waals surface area contributed by atoms with Crippen LogP contribution in [-0.4, -0.2) is 5.11 Å². The molecule has 0 amide bonds. The predicted molar refractivity (Wildman–Crippen MR) is 54.5 cm³/mol. The van der Waals surface area contributed by atoms with Crippen LogP contribution >= 0.6 is 0 Å². The van der Waals surface area contributed by atoms with Gasteiger partial charge in [-0.15, -0.1) is 0 Å². The second-order valence-corrected chi connectivity index (χ2v) is 3.36. The number of fused-ring (bicyclic) bond motifs is 1. The number of halogens is 1. The molecule has 1 unspecified atom stereocenters. The van der Waals surface area contributed by atoms with Crippen molar-refractivity contribution in [1.29, 1.82) is 0 Å². The van der Waals surface area contributed by atoms with Crippen LogP contribution in [0.2, 0.25) is 0 Å². The van der Waals surface area contributed by atoms with Crippen molar-refractivity contribution in [3.8, 4) is 0 Å². The van der Waals surface area contributed by atoms with Crippen molar-refractivity contribution < 1.29 is 9.50 Å². The van der Waals surface area contributed by atoms with E-state index in [9.17, 15) is 9.50 Å². The summed E-state index contributed by atoms with van der Waals surface area (Å²) in [4.78, 5) is 0. The standard InChI is InChI=1S/C12H11FO/c1-8(14)9-6-7-12(13)11-5-3-2-4-10(9)11/h2-8,14H,1H3. The van der Waals surface area contributed by atoms with Crippen molar-refractivity contribution >= 4 is 10.8 Å². The third kappa shape index (κ3) is 1.38. The van der Waals surface area contributed by atoms with Gasteiger partial charge in [-0.1, -0.05) is 30.3 Å². The van der Waals surface area contributed by atoms with Gasteiger partial charge in [-0.25, -0.2) is 4.39 Å². The highest BCUT2D eigenvalue weighted by molar-refractivity contribution is 5.86. The van der Waals surface area contributed by atoms with Crippen LogP contribution in [0.3, 0.4) is 0 Å². The molecule has 2 heteroatoms. The molecule has 0 saturated carbocycles. The molecule has 0 spiro atoms. The molecule has 14 heavy (non-hydrogen) atoms. The monoisotopic (exact) mass is 190 g/mol. The summed E-state index contributed by atoms with van der Waals surface area (Å²) >= 11 is 0. The lowest BCUT2D eigenvalue weighted by atomic mass is 10.0. The fourth-order valence-electron chi connectivity index (χ4n) is 1.65. The summed E-state index contributed by atoms with van der Waals surface area (Å²) < 4.78 is 13.3. The molecule has 0 saturated heterocycles. The third-order valence-corrected chi connectivity index (χ3v) is 2.35. The van der Waals surface area contributed by atoms with E-state index in [1.807, 2.05) is 12.1 Å². The second kappa shape index (κ2) is 3.39. The Morgan fingerprint density at radius 3 is 2.36 bits per heavy atom. The minimum atomic E-state index is -0.569. The van der Waals surface area contributed by atoms with Gasteiger partial charge in [-0.3, -0.25) is 0 Å². The van der Waals surface area contributed by atoms with E-state index < -0.39 is 6.10 Å². The first kappa shape index (κ1) is 9.16. The summed E-state index contributed by atoms with van der Waals surface area (Å²) in [6, 6.07) is 10.2. The summed E-state index contributed by atoms with van der Waals surface area (Å²) in [5.74, 6) is -0.245. The van der Waals surface area contributed by atoms with Gasteiger partial charge >= 0.3 is 0 Å². The van der Waals surface area contributed by atoms with Crippen molar-refractivity contribution in [2.24, 2.45) is 0 Å². The fraction of sp³-hybridized carbons (Fsp3) is 0.167. The van der Waals surface area contributed by atoms with E-state index >= 15 is 0 Å². The lowest BCUT2D eigenvalue weighted by molar-refractivity contribution is 0.201. The van der Waals surface area contributed by atoms with Gasteiger partial charge in [0.2, 0.25) is 0 Å². The first-order valence-electron chi connectivity index (χ1n) is 4.55. The lowest BCUT2D eigenvalue weighted by Crippen LogP contribution is -1.93. The molecule has 0 aromatic heterocycles. The molecule has 0 radical (unpaired) electrons. The fourth-order valence-corrected chi connectivity index (χ4v) is 1.65. The maximum Gasteiger partial charge on any atom is 0.131 e. The van der Waals surface area contributed by atoms with E-state index in [2.05, 4.69) is 0 Å². The SMILES string of the molecule is CC(O)c1ccc(F)c2ccccc12. The van der Waals surface area contributed by atoms with E-state index in [0.717, 1.165) is 10.9 Å². The summed E-state index contributed by atoms with van der Waals surface area (Å²) in [6.45, 7) is 1.68. The van der Waals surface area contributed by atoms with Gasteiger partial charge in [0, 0.05) is 5.39 Å².